The number of anilines is 2. The number of halogens is 1. The van der Waals surface area contributed by atoms with Crippen molar-refractivity contribution >= 4 is 34.6 Å². The first-order valence-corrected chi connectivity index (χ1v) is 9.66. The molecule has 1 aliphatic heterocycles. The maximum absolute atomic E-state index is 12.5. The predicted molar refractivity (Wildman–Crippen MR) is 111 cm³/mol. The molecule has 1 aliphatic rings. The first-order chi connectivity index (χ1) is 13.9. The molecule has 1 saturated heterocycles. The minimum absolute atomic E-state index is 0.101. The van der Waals surface area contributed by atoms with Crippen molar-refractivity contribution in [2.45, 2.75) is 31.9 Å². The number of ether oxygens (including phenoxy) is 2. The van der Waals surface area contributed by atoms with Gasteiger partial charge in [0.1, 0.15) is 18.4 Å². The van der Waals surface area contributed by atoms with Gasteiger partial charge in [-0.25, -0.2) is 0 Å². The van der Waals surface area contributed by atoms with E-state index in [0.29, 0.717) is 18.0 Å². The maximum atomic E-state index is 12.5. The molecule has 0 radical (unpaired) electrons. The van der Waals surface area contributed by atoms with E-state index in [-0.39, 0.29) is 22.7 Å². The second-order valence-electron chi connectivity index (χ2n) is 6.75. The van der Waals surface area contributed by atoms with E-state index >= 15 is 0 Å². The number of nitrogens with zero attached hydrogens (tertiary/aromatic N) is 1. The third-order valence-electron chi connectivity index (χ3n) is 4.49. The van der Waals surface area contributed by atoms with Gasteiger partial charge in [0.2, 0.25) is 5.91 Å². The summed E-state index contributed by atoms with van der Waals surface area (Å²) in [6.45, 7) is 2.98. The molecule has 2 unspecified atom stereocenters. The van der Waals surface area contributed by atoms with Crippen LogP contribution in [-0.4, -0.2) is 36.2 Å². The molecule has 2 aromatic rings. The highest BCUT2D eigenvalue weighted by molar-refractivity contribution is 6.34. The lowest BCUT2D eigenvalue weighted by Crippen LogP contribution is -2.32. The van der Waals surface area contributed by atoms with E-state index < -0.39 is 11.0 Å². The average Bonchev–Trinajstić information content (AvgIpc) is 3.21. The molecule has 1 fully saturated rings. The average molecular weight is 420 g/mol. The highest BCUT2D eigenvalue weighted by Crippen LogP contribution is 2.27. The Labute approximate surface area is 173 Å². The Morgan fingerprint density at radius 1 is 1.38 bits per heavy atom. The lowest BCUT2D eigenvalue weighted by Gasteiger charge is -2.17. The standard InChI is InChI=1S/C20H22ClN3O5/c1-13(20(25)23-19-8-7-15(24(26)27)11-18(19)21)22-14-4-2-5-16(10-14)29-12-17-6-3-9-28-17/h2,4-5,7-8,10-11,13,17,22H,3,6,9,12H2,1H3,(H,23,25). The topological polar surface area (TPSA) is 103 Å². The Balaban J connectivity index is 1.56. The number of rotatable bonds is 8. The third-order valence-corrected chi connectivity index (χ3v) is 4.80. The number of nitro benzene ring substituents is 1. The Morgan fingerprint density at radius 2 is 2.21 bits per heavy atom. The fraction of sp³-hybridized carbons (Fsp3) is 0.350. The summed E-state index contributed by atoms with van der Waals surface area (Å²) in [7, 11) is 0. The molecule has 1 heterocycles. The van der Waals surface area contributed by atoms with Crippen molar-refractivity contribution in [3.63, 3.8) is 0 Å². The molecule has 0 aliphatic carbocycles. The van der Waals surface area contributed by atoms with Crippen LogP contribution in [0.1, 0.15) is 19.8 Å². The Hall–Kier alpha value is -2.84. The van der Waals surface area contributed by atoms with Crippen molar-refractivity contribution in [1.29, 1.82) is 0 Å². The summed E-state index contributed by atoms with van der Waals surface area (Å²) in [6, 6.07) is 10.7. The maximum Gasteiger partial charge on any atom is 0.271 e. The SMILES string of the molecule is CC(Nc1cccc(OCC2CCCO2)c1)C(=O)Nc1ccc([N+](=O)[O-])cc1Cl. The van der Waals surface area contributed by atoms with Crippen molar-refractivity contribution in [2.24, 2.45) is 0 Å². The molecule has 2 atom stereocenters. The molecule has 2 aromatic carbocycles. The van der Waals surface area contributed by atoms with Crippen molar-refractivity contribution in [3.05, 3.63) is 57.6 Å². The van der Waals surface area contributed by atoms with Gasteiger partial charge in [0.25, 0.3) is 5.69 Å². The summed E-state index contributed by atoms with van der Waals surface area (Å²) in [4.78, 5) is 22.7. The molecule has 2 N–H and O–H groups in total. The number of carbonyl (C=O) groups is 1. The van der Waals surface area contributed by atoms with Gasteiger partial charge >= 0.3 is 0 Å². The Morgan fingerprint density at radius 3 is 2.90 bits per heavy atom. The fourth-order valence-electron chi connectivity index (χ4n) is 2.92. The fourth-order valence-corrected chi connectivity index (χ4v) is 3.14. The van der Waals surface area contributed by atoms with Crippen LogP contribution >= 0.6 is 11.6 Å². The molecular formula is C20H22ClN3O5. The van der Waals surface area contributed by atoms with Gasteiger partial charge in [-0.05, 0) is 38.0 Å². The van der Waals surface area contributed by atoms with Crippen molar-refractivity contribution < 1.29 is 19.2 Å². The molecule has 9 heteroatoms. The van der Waals surface area contributed by atoms with Crippen molar-refractivity contribution in [2.75, 3.05) is 23.8 Å². The van der Waals surface area contributed by atoms with Gasteiger partial charge in [0, 0.05) is 30.5 Å². The predicted octanol–water partition coefficient (Wildman–Crippen LogP) is 4.25. The minimum atomic E-state index is -0.574. The van der Waals surface area contributed by atoms with Crippen molar-refractivity contribution in [3.8, 4) is 5.75 Å². The number of amides is 1. The number of nitro groups is 1. The zero-order chi connectivity index (χ0) is 20.8. The molecule has 29 heavy (non-hydrogen) atoms. The quantitative estimate of drug-likeness (QED) is 0.490. The van der Waals surface area contributed by atoms with Crippen LogP contribution in [0.25, 0.3) is 0 Å². The monoisotopic (exact) mass is 419 g/mol. The number of carbonyl (C=O) groups excluding carboxylic acids is 1. The van der Waals surface area contributed by atoms with E-state index in [4.69, 9.17) is 21.1 Å². The summed E-state index contributed by atoms with van der Waals surface area (Å²) in [5, 5.41) is 16.7. The number of hydrogen-bond acceptors (Lipinski definition) is 6. The van der Waals surface area contributed by atoms with Gasteiger partial charge in [-0.1, -0.05) is 17.7 Å². The number of nitrogens with one attached hydrogen (secondary N) is 2. The Kier molecular flexibility index (Phi) is 6.90. The number of hydrogen-bond donors (Lipinski definition) is 2. The van der Waals surface area contributed by atoms with Crippen LogP contribution in [0.3, 0.4) is 0 Å². The van der Waals surface area contributed by atoms with E-state index in [1.165, 1.54) is 18.2 Å². The second-order valence-corrected chi connectivity index (χ2v) is 7.16. The largest absolute Gasteiger partial charge is 0.491 e. The van der Waals surface area contributed by atoms with E-state index in [9.17, 15) is 14.9 Å². The molecule has 8 nitrogen and oxygen atoms in total. The zero-order valence-electron chi connectivity index (χ0n) is 15.9. The van der Waals surface area contributed by atoms with Gasteiger partial charge in [-0.2, -0.15) is 0 Å². The van der Waals surface area contributed by atoms with E-state index in [1.807, 2.05) is 24.3 Å². The summed E-state index contributed by atoms with van der Waals surface area (Å²) in [5.74, 6) is 0.364. The molecule has 0 bridgehead atoms. The molecule has 154 valence electrons. The minimum Gasteiger partial charge on any atom is -0.491 e. The molecular weight excluding hydrogens is 398 g/mol. The summed E-state index contributed by atoms with van der Waals surface area (Å²) in [5.41, 5.74) is 0.899. The van der Waals surface area contributed by atoms with E-state index in [2.05, 4.69) is 10.6 Å². The number of benzene rings is 2. The normalized spacial score (nSPS) is 16.8. The van der Waals surface area contributed by atoms with Gasteiger partial charge in [-0.15, -0.1) is 0 Å². The van der Waals surface area contributed by atoms with Gasteiger partial charge in [0.05, 0.1) is 21.7 Å². The first kappa shape index (κ1) is 20.9. The molecule has 0 spiro atoms. The third kappa shape index (κ3) is 5.82. The summed E-state index contributed by atoms with van der Waals surface area (Å²) >= 11 is 6.03. The summed E-state index contributed by atoms with van der Waals surface area (Å²) < 4.78 is 11.3. The Bertz CT molecular complexity index is 886. The lowest BCUT2D eigenvalue weighted by molar-refractivity contribution is -0.384. The second kappa shape index (κ2) is 9.58. The van der Waals surface area contributed by atoms with Gasteiger partial charge in [-0.3, -0.25) is 14.9 Å². The summed E-state index contributed by atoms with van der Waals surface area (Å²) in [6.07, 6.45) is 2.18. The van der Waals surface area contributed by atoms with Crippen LogP contribution in [0, 0.1) is 10.1 Å². The molecule has 1 amide bonds. The first-order valence-electron chi connectivity index (χ1n) is 9.28. The van der Waals surface area contributed by atoms with Crippen LogP contribution in [0.15, 0.2) is 42.5 Å². The van der Waals surface area contributed by atoms with Crippen LogP contribution in [0.4, 0.5) is 17.1 Å². The lowest BCUT2D eigenvalue weighted by atomic mass is 10.2. The highest BCUT2D eigenvalue weighted by Gasteiger charge is 2.18. The van der Waals surface area contributed by atoms with Crippen LogP contribution < -0.4 is 15.4 Å². The highest BCUT2D eigenvalue weighted by atomic mass is 35.5. The van der Waals surface area contributed by atoms with Crippen LogP contribution in [-0.2, 0) is 9.53 Å². The zero-order valence-corrected chi connectivity index (χ0v) is 16.6. The van der Waals surface area contributed by atoms with Crippen molar-refractivity contribution in [1.82, 2.24) is 0 Å². The van der Waals surface area contributed by atoms with Crippen LogP contribution in [0.2, 0.25) is 5.02 Å². The van der Waals surface area contributed by atoms with Gasteiger partial charge in [0.15, 0.2) is 0 Å². The van der Waals surface area contributed by atoms with E-state index in [1.54, 1.807) is 6.92 Å². The molecule has 0 saturated carbocycles. The molecule has 3 rings (SSSR count). The smallest absolute Gasteiger partial charge is 0.271 e. The van der Waals surface area contributed by atoms with Crippen LogP contribution in [0.5, 0.6) is 5.75 Å². The van der Waals surface area contributed by atoms with Gasteiger partial charge < -0.3 is 20.1 Å². The van der Waals surface area contributed by atoms with E-state index in [0.717, 1.165) is 25.1 Å². The number of non-ortho nitro benzene ring substituents is 1. The molecule has 0 aromatic heterocycles.